The first-order chi connectivity index (χ1) is 6.37. The highest BCUT2D eigenvalue weighted by Crippen LogP contribution is 2.37. The Hall–Kier alpha value is 0.0300. The van der Waals surface area contributed by atoms with Crippen LogP contribution in [-0.4, -0.2) is 34.4 Å². The quantitative estimate of drug-likeness (QED) is 0.479. The molecule has 0 fully saturated rings. The number of hydrogen-bond acceptors (Lipinski definition) is 4. The molecule has 0 saturated heterocycles. The Morgan fingerprint density at radius 2 is 1.64 bits per heavy atom. The first-order valence-corrected chi connectivity index (χ1v) is 5.90. The molecule has 1 atom stereocenters. The lowest BCUT2D eigenvalue weighted by Crippen LogP contribution is -2.07. The van der Waals surface area contributed by atoms with Crippen molar-refractivity contribution in [3.05, 3.63) is 0 Å². The van der Waals surface area contributed by atoms with Gasteiger partial charge >= 0.3 is 7.82 Å². The highest BCUT2D eigenvalue weighted by Gasteiger charge is 2.18. The SMILES string of the molecule is CCC(O)OP(=O)(O)O.CCOCC. The number of aliphatic hydroxyl groups excluding tert-OH is 1. The van der Waals surface area contributed by atoms with E-state index in [9.17, 15) is 4.57 Å². The van der Waals surface area contributed by atoms with Crippen molar-refractivity contribution in [1.82, 2.24) is 0 Å². The van der Waals surface area contributed by atoms with Crippen LogP contribution in [0.1, 0.15) is 27.2 Å². The Labute approximate surface area is 84.1 Å². The van der Waals surface area contributed by atoms with Gasteiger partial charge in [0.05, 0.1) is 0 Å². The fraction of sp³-hybridized carbons (Fsp3) is 1.00. The summed E-state index contributed by atoms with van der Waals surface area (Å²) in [5.41, 5.74) is 0. The highest BCUT2D eigenvalue weighted by molar-refractivity contribution is 7.46. The molecule has 0 aliphatic heterocycles. The molecule has 0 aliphatic rings. The molecular weight excluding hydrogens is 211 g/mol. The molecule has 1 unspecified atom stereocenters. The minimum Gasteiger partial charge on any atom is -0.382 e. The predicted octanol–water partition coefficient (Wildman–Crippen LogP) is 0.867. The molecule has 0 saturated carbocycles. The van der Waals surface area contributed by atoms with Gasteiger partial charge in [0.15, 0.2) is 6.29 Å². The molecule has 6 nitrogen and oxygen atoms in total. The monoisotopic (exact) mass is 230 g/mol. The molecule has 0 aliphatic carbocycles. The molecule has 0 heterocycles. The second kappa shape index (κ2) is 9.58. The molecule has 14 heavy (non-hydrogen) atoms. The van der Waals surface area contributed by atoms with E-state index >= 15 is 0 Å². The first kappa shape index (κ1) is 16.5. The second-order valence-electron chi connectivity index (χ2n) is 2.24. The van der Waals surface area contributed by atoms with E-state index in [1.165, 1.54) is 0 Å². The number of phosphoric acid groups is 1. The summed E-state index contributed by atoms with van der Waals surface area (Å²) in [6, 6.07) is 0. The Bertz CT molecular complexity index is 154. The van der Waals surface area contributed by atoms with Gasteiger partial charge in [-0.15, -0.1) is 0 Å². The zero-order valence-electron chi connectivity index (χ0n) is 8.71. The molecule has 0 aromatic rings. The third kappa shape index (κ3) is 17.9. The summed E-state index contributed by atoms with van der Waals surface area (Å²) in [5, 5.41) is 8.48. The van der Waals surface area contributed by atoms with E-state index in [2.05, 4.69) is 4.52 Å². The van der Waals surface area contributed by atoms with Crippen LogP contribution in [0.4, 0.5) is 0 Å². The van der Waals surface area contributed by atoms with E-state index in [-0.39, 0.29) is 6.42 Å². The van der Waals surface area contributed by atoms with Crippen molar-refractivity contribution in [1.29, 1.82) is 0 Å². The molecule has 0 amide bonds. The van der Waals surface area contributed by atoms with E-state index in [1.54, 1.807) is 6.92 Å². The fourth-order valence-electron chi connectivity index (χ4n) is 0.437. The predicted molar refractivity (Wildman–Crippen MR) is 51.6 cm³/mol. The lowest BCUT2D eigenvalue weighted by molar-refractivity contribution is -0.0378. The van der Waals surface area contributed by atoms with E-state index in [4.69, 9.17) is 19.6 Å². The van der Waals surface area contributed by atoms with Crippen LogP contribution >= 0.6 is 7.82 Å². The molecule has 0 bridgehead atoms. The first-order valence-electron chi connectivity index (χ1n) is 4.37. The Morgan fingerprint density at radius 3 is 1.71 bits per heavy atom. The van der Waals surface area contributed by atoms with Crippen LogP contribution in [0.5, 0.6) is 0 Å². The topological polar surface area (TPSA) is 96.2 Å². The van der Waals surface area contributed by atoms with Crippen molar-refractivity contribution in [2.75, 3.05) is 13.2 Å². The van der Waals surface area contributed by atoms with Gasteiger partial charge in [-0.2, -0.15) is 0 Å². The normalized spacial score (nSPS) is 13.0. The van der Waals surface area contributed by atoms with Crippen molar-refractivity contribution in [3.8, 4) is 0 Å². The Balaban J connectivity index is 0. The van der Waals surface area contributed by atoms with Crippen LogP contribution in [0.2, 0.25) is 0 Å². The maximum absolute atomic E-state index is 9.91. The van der Waals surface area contributed by atoms with E-state index in [0.717, 1.165) is 13.2 Å². The molecule has 88 valence electrons. The highest BCUT2D eigenvalue weighted by atomic mass is 31.2. The van der Waals surface area contributed by atoms with Gasteiger partial charge in [-0.05, 0) is 20.3 Å². The number of rotatable bonds is 5. The molecule has 0 radical (unpaired) electrons. The third-order valence-corrected chi connectivity index (χ3v) is 1.53. The molecule has 0 aromatic carbocycles. The maximum Gasteiger partial charge on any atom is 0.471 e. The molecule has 7 heteroatoms. The van der Waals surface area contributed by atoms with Crippen LogP contribution in [0.25, 0.3) is 0 Å². The Kier molecular flexibility index (Phi) is 11.3. The second-order valence-corrected chi connectivity index (χ2v) is 3.43. The third-order valence-electron chi connectivity index (χ3n) is 1.02. The standard InChI is InChI=1S/C4H10O.C3H9O5P/c1-3-5-4-2;1-2-3(4)8-9(5,6)7/h3-4H2,1-2H3;3-4H,2H2,1H3,(H2,5,6,7). The average Bonchev–Trinajstić information content (AvgIpc) is 2.04. The van der Waals surface area contributed by atoms with Gasteiger partial charge in [-0.1, -0.05) is 6.92 Å². The summed E-state index contributed by atoms with van der Waals surface area (Å²) < 4.78 is 18.6. The Morgan fingerprint density at radius 1 is 1.21 bits per heavy atom. The van der Waals surface area contributed by atoms with Crippen molar-refractivity contribution in [3.63, 3.8) is 0 Å². The van der Waals surface area contributed by atoms with E-state index in [0.29, 0.717) is 0 Å². The molecule has 3 N–H and O–H groups in total. The van der Waals surface area contributed by atoms with Gasteiger partial charge in [-0.25, -0.2) is 4.57 Å². The maximum atomic E-state index is 9.91. The summed E-state index contributed by atoms with van der Waals surface area (Å²) >= 11 is 0. The van der Waals surface area contributed by atoms with Gasteiger partial charge in [-0.3, -0.25) is 4.52 Å². The van der Waals surface area contributed by atoms with E-state index in [1.807, 2.05) is 13.8 Å². The largest absolute Gasteiger partial charge is 0.471 e. The summed E-state index contributed by atoms with van der Waals surface area (Å²) in [4.78, 5) is 16.1. The number of phosphoric ester groups is 1. The minimum absolute atomic E-state index is 0.158. The van der Waals surface area contributed by atoms with Crippen LogP contribution in [0, 0.1) is 0 Å². The van der Waals surface area contributed by atoms with Gasteiger partial charge in [0.2, 0.25) is 0 Å². The smallest absolute Gasteiger partial charge is 0.382 e. The number of aliphatic hydroxyl groups is 1. The van der Waals surface area contributed by atoms with Gasteiger partial charge in [0.25, 0.3) is 0 Å². The van der Waals surface area contributed by atoms with Gasteiger partial charge in [0, 0.05) is 13.2 Å². The van der Waals surface area contributed by atoms with Crippen molar-refractivity contribution in [2.24, 2.45) is 0 Å². The zero-order chi connectivity index (χ0) is 11.6. The van der Waals surface area contributed by atoms with Gasteiger partial charge in [0.1, 0.15) is 0 Å². The lowest BCUT2D eigenvalue weighted by atomic mass is 10.5. The van der Waals surface area contributed by atoms with Crippen molar-refractivity contribution >= 4 is 7.82 Å². The summed E-state index contributed by atoms with van der Waals surface area (Å²) in [6.45, 7) is 7.21. The minimum atomic E-state index is -4.49. The van der Waals surface area contributed by atoms with Crippen LogP contribution in [-0.2, 0) is 13.8 Å². The van der Waals surface area contributed by atoms with E-state index < -0.39 is 14.1 Å². The summed E-state index contributed by atoms with van der Waals surface area (Å²) in [5.74, 6) is 0. The molecular formula is C7H19O6P. The summed E-state index contributed by atoms with van der Waals surface area (Å²) in [7, 11) is -4.49. The van der Waals surface area contributed by atoms with Gasteiger partial charge < -0.3 is 19.6 Å². The zero-order valence-corrected chi connectivity index (χ0v) is 9.61. The van der Waals surface area contributed by atoms with Crippen LogP contribution in [0.15, 0.2) is 0 Å². The molecule has 0 spiro atoms. The van der Waals surface area contributed by atoms with Crippen molar-refractivity contribution < 1.29 is 28.7 Å². The fourth-order valence-corrected chi connectivity index (χ4v) is 0.903. The summed E-state index contributed by atoms with van der Waals surface area (Å²) in [6.07, 6.45) is -1.21. The van der Waals surface area contributed by atoms with Crippen LogP contribution in [0.3, 0.4) is 0 Å². The average molecular weight is 230 g/mol. The van der Waals surface area contributed by atoms with Crippen molar-refractivity contribution in [2.45, 2.75) is 33.5 Å². The number of hydrogen-bond donors (Lipinski definition) is 3. The van der Waals surface area contributed by atoms with Crippen LogP contribution < -0.4 is 0 Å². The lowest BCUT2D eigenvalue weighted by Gasteiger charge is -2.08. The number of ether oxygens (including phenoxy) is 1. The molecule has 0 aromatic heterocycles. The molecule has 0 rings (SSSR count).